The highest BCUT2D eigenvalue weighted by Gasteiger charge is 2.22. The quantitative estimate of drug-likeness (QED) is 0.751. The van der Waals surface area contributed by atoms with Crippen molar-refractivity contribution in [3.63, 3.8) is 0 Å². The fourth-order valence-corrected chi connectivity index (χ4v) is 2.39. The molecule has 1 aromatic rings. The van der Waals surface area contributed by atoms with Crippen LogP contribution in [0.1, 0.15) is 26.3 Å². The third-order valence-electron chi connectivity index (χ3n) is 2.94. The molecule has 0 heterocycles. The molecule has 1 rings (SSSR count). The standard InChI is InChI=1S/C15H19Cl2NO3/c1-4-21-15(20)9-18(10(2)3)14(19)8-11-12(16)6-5-7-13(11)17/h5-7,10H,4,8-9H2,1-3H3. The number of carbonyl (C=O) groups excluding carboxylic acids is 2. The molecule has 0 spiro atoms. The highest BCUT2D eigenvalue weighted by molar-refractivity contribution is 6.36. The van der Waals surface area contributed by atoms with Gasteiger partial charge in [-0.15, -0.1) is 0 Å². The Hall–Kier alpha value is -1.26. The van der Waals surface area contributed by atoms with Crippen molar-refractivity contribution in [3.05, 3.63) is 33.8 Å². The molecule has 0 N–H and O–H groups in total. The van der Waals surface area contributed by atoms with Crippen LogP contribution < -0.4 is 0 Å². The molecule has 0 radical (unpaired) electrons. The second-order valence-corrected chi connectivity index (χ2v) is 5.61. The zero-order valence-corrected chi connectivity index (χ0v) is 13.9. The minimum atomic E-state index is -0.426. The van der Waals surface area contributed by atoms with Gasteiger partial charge >= 0.3 is 5.97 Å². The van der Waals surface area contributed by atoms with Gasteiger partial charge in [0.1, 0.15) is 6.54 Å². The predicted octanol–water partition coefficient (Wildman–Crippen LogP) is 3.34. The van der Waals surface area contributed by atoms with Crippen molar-refractivity contribution in [1.29, 1.82) is 0 Å². The first-order valence-electron chi connectivity index (χ1n) is 6.74. The van der Waals surface area contributed by atoms with Crippen LogP contribution in [0.25, 0.3) is 0 Å². The number of halogens is 2. The summed E-state index contributed by atoms with van der Waals surface area (Å²) in [7, 11) is 0. The third-order valence-corrected chi connectivity index (χ3v) is 3.65. The summed E-state index contributed by atoms with van der Waals surface area (Å²) >= 11 is 12.1. The van der Waals surface area contributed by atoms with Gasteiger partial charge in [-0.3, -0.25) is 9.59 Å². The molecule has 0 aliphatic heterocycles. The maximum atomic E-state index is 12.4. The Balaban J connectivity index is 2.85. The minimum Gasteiger partial charge on any atom is -0.465 e. The second-order valence-electron chi connectivity index (χ2n) is 4.80. The number of esters is 1. The van der Waals surface area contributed by atoms with E-state index in [9.17, 15) is 9.59 Å². The highest BCUT2D eigenvalue weighted by atomic mass is 35.5. The molecule has 6 heteroatoms. The van der Waals surface area contributed by atoms with Gasteiger partial charge in [-0.2, -0.15) is 0 Å². The summed E-state index contributed by atoms with van der Waals surface area (Å²) in [6, 6.07) is 4.96. The topological polar surface area (TPSA) is 46.6 Å². The smallest absolute Gasteiger partial charge is 0.325 e. The van der Waals surface area contributed by atoms with Crippen LogP contribution in [0.5, 0.6) is 0 Å². The van der Waals surface area contributed by atoms with Gasteiger partial charge in [0.15, 0.2) is 0 Å². The van der Waals surface area contributed by atoms with Gasteiger partial charge in [0.2, 0.25) is 5.91 Å². The lowest BCUT2D eigenvalue weighted by Gasteiger charge is -2.26. The Bertz CT molecular complexity index is 497. The van der Waals surface area contributed by atoms with Crippen molar-refractivity contribution in [2.24, 2.45) is 0 Å². The van der Waals surface area contributed by atoms with E-state index in [4.69, 9.17) is 27.9 Å². The summed E-state index contributed by atoms with van der Waals surface area (Å²) in [5.74, 6) is -0.641. The van der Waals surface area contributed by atoms with Crippen molar-refractivity contribution in [2.75, 3.05) is 13.2 Å². The zero-order valence-electron chi connectivity index (χ0n) is 12.4. The molecular formula is C15H19Cl2NO3. The summed E-state index contributed by atoms with van der Waals surface area (Å²) in [6.07, 6.45) is 0.0517. The van der Waals surface area contributed by atoms with Crippen LogP contribution >= 0.6 is 23.2 Å². The van der Waals surface area contributed by atoms with Crippen LogP contribution in [0.4, 0.5) is 0 Å². The van der Waals surface area contributed by atoms with E-state index in [1.54, 1.807) is 25.1 Å². The second kappa shape index (κ2) is 8.25. The van der Waals surface area contributed by atoms with E-state index in [2.05, 4.69) is 0 Å². The molecule has 0 fully saturated rings. The largest absolute Gasteiger partial charge is 0.465 e. The Morgan fingerprint density at radius 2 is 1.81 bits per heavy atom. The highest BCUT2D eigenvalue weighted by Crippen LogP contribution is 2.25. The molecule has 0 bridgehead atoms. The molecule has 0 aliphatic carbocycles. The van der Waals surface area contributed by atoms with Crippen molar-refractivity contribution >= 4 is 35.1 Å². The Morgan fingerprint density at radius 1 is 1.24 bits per heavy atom. The van der Waals surface area contributed by atoms with E-state index in [1.165, 1.54) is 4.90 Å². The predicted molar refractivity (Wildman–Crippen MR) is 83.6 cm³/mol. The molecule has 0 saturated carbocycles. The Labute approximate surface area is 135 Å². The van der Waals surface area contributed by atoms with Crippen LogP contribution in [-0.2, 0) is 20.7 Å². The van der Waals surface area contributed by atoms with Gasteiger partial charge in [0, 0.05) is 16.1 Å². The van der Waals surface area contributed by atoms with Gasteiger partial charge in [-0.1, -0.05) is 29.3 Å². The first kappa shape index (κ1) is 17.8. The van der Waals surface area contributed by atoms with Crippen molar-refractivity contribution in [2.45, 2.75) is 33.2 Å². The number of ether oxygens (including phenoxy) is 1. The van der Waals surface area contributed by atoms with E-state index in [1.807, 2.05) is 13.8 Å². The lowest BCUT2D eigenvalue weighted by atomic mass is 10.1. The summed E-state index contributed by atoms with van der Waals surface area (Å²) in [4.78, 5) is 25.4. The molecule has 1 amide bonds. The van der Waals surface area contributed by atoms with Gasteiger partial charge in [0.05, 0.1) is 13.0 Å². The van der Waals surface area contributed by atoms with Crippen LogP contribution in [0.3, 0.4) is 0 Å². The molecule has 0 atom stereocenters. The zero-order chi connectivity index (χ0) is 16.0. The van der Waals surface area contributed by atoms with E-state index >= 15 is 0 Å². The number of rotatable bonds is 6. The van der Waals surface area contributed by atoms with Crippen LogP contribution in [0.2, 0.25) is 10.0 Å². The SMILES string of the molecule is CCOC(=O)CN(C(=O)Cc1c(Cl)cccc1Cl)C(C)C. The molecule has 21 heavy (non-hydrogen) atoms. The van der Waals surface area contributed by atoms with Gasteiger partial charge in [-0.05, 0) is 38.5 Å². The summed E-state index contributed by atoms with van der Waals surface area (Å²) in [5, 5.41) is 0.881. The summed E-state index contributed by atoms with van der Waals surface area (Å²) < 4.78 is 4.89. The number of carbonyl (C=O) groups is 2. The summed E-state index contributed by atoms with van der Waals surface area (Å²) in [5.41, 5.74) is 0.570. The van der Waals surface area contributed by atoms with E-state index in [0.717, 1.165) is 0 Å². The molecule has 0 aliphatic rings. The fraction of sp³-hybridized carbons (Fsp3) is 0.467. The average Bonchev–Trinajstić information content (AvgIpc) is 2.40. The van der Waals surface area contributed by atoms with Crippen molar-refractivity contribution < 1.29 is 14.3 Å². The molecule has 0 saturated heterocycles. The van der Waals surface area contributed by atoms with Crippen LogP contribution in [0, 0.1) is 0 Å². The van der Waals surface area contributed by atoms with Gasteiger partial charge in [-0.25, -0.2) is 0 Å². The van der Waals surface area contributed by atoms with E-state index in [-0.39, 0.29) is 31.5 Å². The summed E-state index contributed by atoms with van der Waals surface area (Å²) in [6.45, 7) is 5.61. The minimum absolute atomic E-state index is 0.0517. The maximum Gasteiger partial charge on any atom is 0.325 e. The number of benzene rings is 1. The van der Waals surface area contributed by atoms with Gasteiger partial charge < -0.3 is 9.64 Å². The lowest BCUT2D eigenvalue weighted by Crippen LogP contribution is -2.42. The van der Waals surface area contributed by atoms with E-state index in [0.29, 0.717) is 15.6 Å². The maximum absolute atomic E-state index is 12.4. The lowest BCUT2D eigenvalue weighted by molar-refractivity contribution is -0.149. The Morgan fingerprint density at radius 3 is 2.29 bits per heavy atom. The number of amides is 1. The third kappa shape index (κ3) is 5.21. The van der Waals surface area contributed by atoms with Crippen LogP contribution in [-0.4, -0.2) is 36.0 Å². The fourth-order valence-electron chi connectivity index (χ4n) is 1.86. The van der Waals surface area contributed by atoms with Crippen LogP contribution in [0.15, 0.2) is 18.2 Å². The van der Waals surface area contributed by atoms with Gasteiger partial charge in [0.25, 0.3) is 0 Å². The monoisotopic (exact) mass is 331 g/mol. The molecule has 0 unspecified atom stereocenters. The first-order chi connectivity index (χ1) is 9.86. The van der Waals surface area contributed by atoms with Crippen molar-refractivity contribution in [1.82, 2.24) is 4.90 Å². The molecule has 116 valence electrons. The first-order valence-corrected chi connectivity index (χ1v) is 7.50. The molecule has 4 nitrogen and oxygen atoms in total. The Kier molecular flexibility index (Phi) is 6.99. The number of hydrogen-bond donors (Lipinski definition) is 0. The molecule has 0 aromatic heterocycles. The van der Waals surface area contributed by atoms with Crippen molar-refractivity contribution in [3.8, 4) is 0 Å². The molecule has 1 aromatic carbocycles. The average molecular weight is 332 g/mol. The number of nitrogens with zero attached hydrogens (tertiary/aromatic N) is 1. The number of hydrogen-bond acceptors (Lipinski definition) is 3. The molecular weight excluding hydrogens is 313 g/mol. The van der Waals surface area contributed by atoms with E-state index < -0.39 is 5.97 Å². The normalized spacial score (nSPS) is 10.6.